The Bertz CT molecular complexity index is 609. The monoisotopic (exact) mass is 378 g/mol. The standard InChI is InChI=1S/C19H34N6S/c1-4-20-18(24-13-14-26-19(2,3)15-24)21-11-8-10-17-23-22-16-9-6-5-7-12-25(16)17/h4-15H2,1-3H3,(H,20,21). The molecule has 0 bridgehead atoms. The summed E-state index contributed by atoms with van der Waals surface area (Å²) < 4.78 is 2.65. The molecule has 1 N–H and O–H groups in total. The summed E-state index contributed by atoms with van der Waals surface area (Å²) >= 11 is 2.06. The van der Waals surface area contributed by atoms with Crippen molar-refractivity contribution in [1.29, 1.82) is 0 Å². The van der Waals surface area contributed by atoms with Gasteiger partial charge < -0.3 is 14.8 Å². The lowest BCUT2D eigenvalue weighted by Crippen LogP contribution is -2.51. The number of guanidine groups is 1. The van der Waals surface area contributed by atoms with Crippen LogP contribution in [0.5, 0.6) is 0 Å². The topological polar surface area (TPSA) is 58.3 Å². The molecule has 0 unspecified atom stereocenters. The van der Waals surface area contributed by atoms with Gasteiger partial charge in [-0.15, -0.1) is 10.2 Å². The normalized spacial score (nSPS) is 20.6. The molecule has 1 aromatic rings. The lowest BCUT2D eigenvalue weighted by atomic mass is 10.2. The van der Waals surface area contributed by atoms with Gasteiger partial charge in [0.1, 0.15) is 11.6 Å². The molecule has 146 valence electrons. The van der Waals surface area contributed by atoms with Crippen molar-refractivity contribution in [3.8, 4) is 0 Å². The van der Waals surface area contributed by atoms with Crippen LogP contribution in [0, 0.1) is 0 Å². The lowest BCUT2D eigenvalue weighted by Gasteiger charge is -2.39. The number of aliphatic imine (C=N–C) groups is 1. The minimum Gasteiger partial charge on any atom is -0.357 e. The number of rotatable bonds is 5. The molecule has 3 rings (SSSR count). The second-order valence-electron chi connectivity index (χ2n) is 7.86. The number of thioether (sulfide) groups is 1. The first-order chi connectivity index (χ1) is 12.6. The molecule has 7 heteroatoms. The van der Waals surface area contributed by atoms with E-state index in [1.54, 1.807) is 0 Å². The highest BCUT2D eigenvalue weighted by atomic mass is 32.2. The molecule has 0 atom stereocenters. The lowest BCUT2D eigenvalue weighted by molar-refractivity contribution is 0.375. The van der Waals surface area contributed by atoms with Gasteiger partial charge in [-0.1, -0.05) is 6.42 Å². The Labute approximate surface area is 162 Å². The maximum Gasteiger partial charge on any atom is 0.193 e. The van der Waals surface area contributed by atoms with Crippen LogP contribution in [-0.4, -0.2) is 62.3 Å². The van der Waals surface area contributed by atoms with Crippen molar-refractivity contribution in [2.24, 2.45) is 4.99 Å². The molecule has 2 aliphatic heterocycles. The molecule has 0 spiro atoms. The Morgan fingerprint density at radius 3 is 2.92 bits per heavy atom. The van der Waals surface area contributed by atoms with Gasteiger partial charge in [-0.25, -0.2) is 0 Å². The third-order valence-electron chi connectivity index (χ3n) is 5.07. The van der Waals surface area contributed by atoms with Crippen molar-refractivity contribution in [1.82, 2.24) is 25.0 Å². The van der Waals surface area contributed by atoms with E-state index < -0.39 is 0 Å². The van der Waals surface area contributed by atoms with Crippen LogP contribution in [0.15, 0.2) is 4.99 Å². The highest BCUT2D eigenvalue weighted by Gasteiger charge is 2.28. The van der Waals surface area contributed by atoms with E-state index in [9.17, 15) is 0 Å². The zero-order chi connectivity index (χ0) is 18.4. The summed E-state index contributed by atoms with van der Waals surface area (Å²) in [6.45, 7) is 11.8. The molecule has 6 nitrogen and oxygen atoms in total. The molecular formula is C19H34N6S. The fraction of sp³-hybridized carbons (Fsp3) is 0.842. The maximum absolute atomic E-state index is 4.90. The molecule has 0 aliphatic carbocycles. The van der Waals surface area contributed by atoms with Crippen LogP contribution in [-0.2, 0) is 19.4 Å². The van der Waals surface area contributed by atoms with Crippen molar-refractivity contribution in [2.45, 2.75) is 70.6 Å². The van der Waals surface area contributed by atoms with E-state index in [0.717, 1.165) is 63.8 Å². The maximum atomic E-state index is 4.90. The zero-order valence-corrected chi connectivity index (χ0v) is 17.4. The van der Waals surface area contributed by atoms with Gasteiger partial charge in [0.05, 0.1) is 0 Å². The first-order valence-electron chi connectivity index (χ1n) is 10.2. The van der Waals surface area contributed by atoms with Crippen LogP contribution in [0.4, 0.5) is 0 Å². The summed E-state index contributed by atoms with van der Waals surface area (Å²) in [7, 11) is 0. The van der Waals surface area contributed by atoms with E-state index in [0.29, 0.717) is 4.75 Å². The Balaban J connectivity index is 1.55. The van der Waals surface area contributed by atoms with E-state index in [4.69, 9.17) is 4.99 Å². The van der Waals surface area contributed by atoms with Crippen LogP contribution in [0.3, 0.4) is 0 Å². The van der Waals surface area contributed by atoms with Crippen molar-refractivity contribution in [2.75, 3.05) is 31.9 Å². The van der Waals surface area contributed by atoms with Crippen molar-refractivity contribution in [3.63, 3.8) is 0 Å². The minimum atomic E-state index is 0.299. The third kappa shape index (κ3) is 5.15. The van der Waals surface area contributed by atoms with Gasteiger partial charge in [-0.3, -0.25) is 4.99 Å². The van der Waals surface area contributed by atoms with Gasteiger partial charge in [0, 0.05) is 56.1 Å². The Morgan fingerprint density at radius 2 is 2.12 bits per heavy atom. The van der Waals surface area contributed by atoms with Crippen molar-refractivity contribution < 1.29 is 0 Å². The molecule has 3 heterocycles. The molecule has 1 fully saturated rings. The summed E-state index contributed by atoms with van der Waals surface area (Å²) in [4.78, 5) is 7.32. The number of nitrogens with one attached hydrogen (secondary N) is 1. The molecular weight excluding hydrogens is 344 g/mol. The van der Waals surface area contributed by atoms with Gasteiger partial charge in [0.2, 0.25) is 0 Å². The number of hydrogen-bond acceptors (Lipinski definition) is 4. The first kappa shape index (κ1) is 19.5. The summed E-state index contributed by atoms with van der Waals surface area (Å²) in [6.07, 6.45) is 6.89. The van der Waals surface area contributed by atoms with Gasteiger partial charge in [-0.05, 0) is 40.0 Å². The smallest absolute Gasteiger partial charge is 0.193 e. The molecule has 1 saturated heterocycles. The van der Waals surface area contributed by atoms with E-state index >= 15 is 0 Å². The number of nitrogens with zero attached hydrogens (tertiary/aromatic N) is 5. The fourth-order valence-electron chi connectivity index (χ4n) is 3.78. The van der Waals surface area contributed by atoms with E-state index in [1.807, 2.05) is 0 Å². The van der Waals surface area contributed by atoms with Gasteiger partial charge in [-0.2, -0.15) is 11.8 Å². The van der Waals surface area contributed by atoms with Crippen LogP contribution in [0.25, 0.3) is 0 Å². The summed E-state index contributed by atoms with van der Waals surface area (Å²) in [6, 6.07) is 0. The quantitative estimate of drug-likeness (QED) is 0.485. The van der Waals surface area contributed by atoms with Crippen molar-refractivity contribution in [3.05, 3.63) is 11.6 Å². The average molecular weight is 379 g/mol. The molecule has 0 saturated carbocycles. The fourth-order valence-corrected chi connectivity index (χ4v) is 4.89. The number of aryl methyl sites for hydroxylation is 2. The predicted molar refractivity (Wildman–Crippen MR) is 110 cm³/mol. The Morgan fingerprint density at radius 1 is 1.23 bits per heavy atom. The Kier molecular flexibility index (Phi) is 6.84. The highest BCUT2D eigenvalue weighted by molar-refractivity contribution is 8.00. The van der Waals surface area contributed by atoms with Gasteiger partial charge in [0.25, 0.3) is 0 Å². The Hall–Kier alpha value is -1.24. The van der Waals surface area contributed by atoms with Crippen molar-refractivity contribution >= 4 is 17.7 Å². The molecule has 2 aliphatic rings. The number of hydrogen-bond donors (Lipinski definition) is 1. The summed E-state index contributed by atoms with van der Waals surface area (Å²) in [5.74, 6) is 4.57. The molecule has 26 heavy (non-hydrogen) atoms. The molecule has 0 aromatic carbocycles. The average Bonchev–Trinajstić information content (AvgIpc) is 2.83. The molecule has 1 aromatic heterocycles. The van der Waals surface area contributed by atoms with E-state index in [-0.39, 0.29) is 0 Å². The molecule has 0 radical (unpaired) electrons. The van der Waals surface area contributed by atoms with Crippen LogP contribution < -0.4 is 5.32 Å². The van der Waals surface area contributed by atoms with Crippen LogP contribution in [0.2, 0.25) is 0 Å². The third-order valence-corrected chi connectivity index (χ3v) is 6.36. The first-order valence-corrected chi connectivity index (χ1v) is 11.2. The number of fused-ring (bicyclic) bond motifs is 1. The second kappa shape index (κ2) is 9.11. The summed E-state index contributed by atoms with van der Waals surface area (Å²) in [5, 5.41) is 12.3. The largest absolute Gasteiger partial charge is 0.357 e. The minimum absolute atomic E-state index is 0.299. The predicted octanol–water partition coefficient (Wildman–Crippen LogP) is 2.73. The summed E-state index contributed by atoms with van der Waals surface area (Å²) in [5.41, 5.74) is 0. The SMILES string of the molecule is CCNC(=NCCCc1nnc2n1CCCCC2)N1CCSC(C)(C)C1. The molecule has 0 amide bonds. The number of aromatic nitrogens is 3. The van der Waals surface area contributed by atoms with Gasteiger partial charge in [0.15, 0.2) is 5.96 Å². The van der Waals surface area contributed by atoms with E-state index in [1.165, 1.54) is 30.8 Å². The van der Waals surface area contributed by atoms with Gasteiger partial charge >= 0.3 is 0 Å². The highest BCUT2D eigenvalue weighted by Crippen LogP contribution is 2.29. The zero-order valence-electron chi connectivity index (χ0n) is 16.6. The van der Waals surface area contributed by atoms with Crippen LogP contribution in [0.1, 0.15) is 58.1 Å². The van der Waals surface area contributed by atoms with Crippen LogP contribution >= 0.6 is 11.8 Å². The van der Waals surface area contributed by atoms with E-state index in [2.05, 4.69) is 57.5 Å². The second-order valence-corrected chi connectivity index (χ2v) is 9.67.